The first kappa shape index (κ1) is 18.0. The number of rotatable bonds is 4. The van der Waals surface area contributed by atoms with Gasteiger partial charge in [-0.05, 0) is 25.0 Å². The van der Waals surface area contributed by atoms with Crippen LogP contribution in [0.2, 0.25) is 0 Å². The number of nitrogens with zero attached hydrogens (tertiary/aromatic N) is 1. The molecule has 0 radical (unpaired) electrons. The van der Waals surface area contributed by atoms with E-state index in [1.165, 1.54) is 7.05 Å². The van der Waals surface area contributed by atoms with Gasteiger partial charge in [-0.15, -0.1) is 0 Å². The molecule has 1 atom stereocenters. The molecule has 1 saturated carbocycles. The second-order valence-corrected chi connectivity index (χ2v) is 6.57. The number of anilines is 1. The third-order valence-corrected chi connectivity index (χ3v) is 4.68. The fourth-order valence-electron chi connectivity index (χ4n) is 3.39. The van der Waals surface area contributed by atoms with Crippen LogP contribution in [-0.4, -0.2) is 50.1 Å². The van der Waals surface area contributed by atoms with Crippen LogP contribution in [-0.2, 0) is 9.59 Å². The number of hydrogen-bond donors (Lipinski definition) is 3. The number of ether oxygens (including phenoxy) is 1. The summed E-state index contributed by atoms with van der Waals surface area (Å²) in [5.74, 6) is -0.146. The molecule has 1 aliphatic carbocycles. The van der Waals surface area contributed by atoms with E-state index in [0.717, 1.165) is 31.4 Å². The Balaban J connectivity index is 1.62. The second-order valence-electron chi connectivity index (χ2n) is 6.57. The number of carbonyl (C=O) groups excluding carboxylic acids is 3. The molecule has 3 N–H and O–H groups in total. The highest BCUT2D eigenvalue weighted by Crippen LogP contribution is 2.32. The van der Waals surface area contributed by atoms with Gasteiger partial charge in [-0.25, -0.2) is 4.79 Å². The van der Waals surface area contributed by atoms with Crippen LogP contribution in [0.3, 0.4) is 0 Å². The number of para-hydroxylation sites is 2. The maximum Gasteiger partial charge on any atom is 0.321 e. The number of likely N-dealkylation sites (N-methyl/N-ethyl adjacent to an activating group) is 1. The van der Waals surface area contributed by atoms with E-state index in [-0.39, 0.29) is 25.0 Å². The Bertz CT molecular complexity index is 688. The van der Waals surface area contributed by atoms with Gasteiger partial charge in [-0.3, -0.25) is 14.9 Å². The minimum atomic E-state index is -0.713. The average molecular weight is 360 g/mol. The lowest BCUT2D eigenvalue weighted by atomic mass is 10.1. The molecule has 0 aromatic heterocycles. The molecule has 0 saturated heterocycles. The Morgan fingerprint density at radius 2 is 1.92 bits per heavy atom. The van der Waals surface area contributed by atoms with Gasteiger partial charge in [0.25, 0.3) is 5.91 Å². The zero-order chi connectivity index (χ0) is 18.5. The van der Waals surface area contributed by atoms with E-state index < -0.39 is 18.0 Å². The van der Waals surface area contributed by atoms with Gasteiger partial charge in [0.2, 0.25) is 5.91 Å². The van der Waals surface area contributed by atoms with Crippen molar-refractivity contribution >= 4 is 23.5 Å². The Morgan fingerprint density at radius 3 is 2.65 bits per heavy atom. The molecule has 1 aromatic carbocycles. The molecule has 0 bridgehead atoms. The SMILES string of the molecule is CNC(=O)[C@H]1CN(CC(=O)NC(=O)NC2CCCC2)c2ccccc2O1. The van der Waals surface area contributed by atoms with E-state index in [1.54, 1.807) is 17.0 Å². The van der Waals surface area contributed by atoms with Crippen LogP contribution in [0, 0.1) is 0 Å². The molecule has 140 valence electrons. The van der Waals surface area contributed by atoms with Gasteiger partial charge in [-0.2, -0.15) is 0 Å². The molecule has 3 rings (SSSR count). The van der Waals surface area contributed by atoms with Gasteiger partial charge >= 0.3 is 6.03 Å². The van der Waals surface area contributed by atoms with Gasteiger partial charge in [0.1, 0.15) is 5.75 Å². The van der Waals surface area contributed by atoms with E-state index in [2.05, 4.69) is 16.0 Å². The summed E-state index contributed by atoms with van der Waals surface area (Å²) in [5.41, 5.74) is 0.721. The van der Waals surface area contributed by atoms with Crippen molar-refractivity contribution in [1.82, 2.24) is 16.0 Å². The number of imide groups is 1. The molecule has 1 aromatic rings. The third-order valence-electron chi connectivity index (χ3n) is 4.68. The average Bonchev–Trinajstić information content (AvgIpc) is 3.13. The monoisotopic (exact) mass is 360 g/mol. The van der Waals surface area contributed by atoms with E-state index >= 15 is 0 Å². The second kappa shape index (κ2) is 8.07. The number of carbonyl (C=O) groups is 3. The molecule has 1 heterocycles. The molecule has 1 aliphatic heterocycles. The van der Waals surface area contributed by atoms with Crippen molar-refractivity contribution in [1.29, 1.82) is 0 Å². The topological polar surface area (TPSA) is 99.8 Å². The van der Waals surface area contributed by atoms with Crippen LogP contribution < -0.4 is 25.6 Å². The van der Waals surface area contributed by atoms with E-state index in [4.69, 9.17) is 4.74 Å². The van der Waals surface area contributed by atoms with E-state index in [1.807, 2.05) is 12.1 Å². The minimum Gasteiger partial charge on any atom is -0.477 e. The van der Waals surface area contributed by atoms with Crippen LogP contribution in [0.4, 0.5) is 10.5 Å². The molecular formula is C18H24N4O4. The summed E-state index contributed by atoms with van der Waals surface area (Å²) in [6.07, 6.45) is 3.39. The van der Waals surface area contributed by atoms with Crippen molar-refractivity contribution in [3.8, 4) is 5.75 Å². The zero-order valence-electron chi connectivity index (χ0n) is 14.8. The van der Waals surface area contributed by atoms with Crippen LogP contribution in [0.15, 0.2) is 24.3 Å². The highest BCUT2D eigenvalue weighted by atomic mass is 16.5. The number of benzene rings is 1. The molecular weight excluding hydrogens is 336 g/mol. The summed E-state index contributed by atoms with van der Waals surface area (Å²) in [4.78, 5) is 38.0. The summed E-state index contributed by atoms with van der Waals surface area (Å²) >= 11 is 0. The summed E-state index contributed by atoms with van der Waals surface area (Å²) in [6, 6.07) is 6.89. The first-order valence-electron chi connectivity index (χ1n) is 8.89. The van der Waals surface area contributed by atoms with Crippen molar-refractivity contribution in [3.63, 3.8) is 0 Å². The largest absolute Gasteiger partial charge is 0.477 e. The number of urea groups is 1. The quantitative estimate of drug-likeness (QED) is 0.736. The van der Waals surface area contributed by atoms with E-state index in [9.17, 15) is 14.4 Å². The normalized spacial score (nSPS) is 19.3. The van der Waals surface area contributed by atoms with Crippen molar-refractivity contribution in [2.24, 2.45) is 0 Å². The lowest BCUT2D eigenvalue weighted by Crippen LogP contribution is -2.52. The van der Waals surface area contributed by atoms with Crippen LogP contribution in [0.1, 0.15) is 25.7 Å². The standard InChI is InChI=1S/C18H24N4O4/c1-19-17(24)15-10-22(13-8-4-5-9-14(13)26-15)11-16(23)21-18(25)20-12-6-2-3-7-12/h4-5,8-9,12,15H,2-3,6-7,10-11H2,1H3,(H,19,24)(H2,20,21,23,25)/t15-/m1/s1. The summed E-state index contributed by atoms with van der Waals surface area (Å²) in [5, 5.41) is 7.75. The Hall–Kier alpha value is -2.77. The van der Waals surface area contributed by atoms with Crippen molar-refractivity contribution < 1.29 is 19.1 Å². The van der Waals surface area contributed by atoms with Gasteiger partial charge in [0.05, 0.1) is 18.8 Å². The Morgan fingerprint density at radius 1 is 1.19 bits per heavy atom. The Kier molecular flexibility index (Phi) is 5.60. The Labute approximate surface area is 152 Å². The summed E-state index contributed by atoms with van der Waals surface area (Å²) < 4.78 is 5.70. The van der Waals surface area contributed by atoms with Crippen molar-refractivity contribution in [2.45, 2.75) is 37.8 Å². The van der Waals surface area contributed by atoms with Crippen LogP contribution >= 0.6 is 0 Å². The van der Waals surface area contributed by atoms with Crippen LogP contribution in [0.5, 0.6) is 5.75 Å². The first-order valence-corrected chi connectivity index (χ1v) is 8.89. The summed E-state index contributed by atoms with van der Waals surface area (Å²) in [7, 11) is 1.54. The smallest absolute Gasteiger partial charge is 0.321 e. The fraction of sp³-hybridized carbons (Fsp3) is 0.500. The molecule has 4 amide bonds. The van der Waals surface area contributed by atoms with Gasteiger partial charge in [0, 0.05) is 13.1 Å². The molecule has 0 spiro atoms. The molecule has 26 heavy (non-hydrogen) atoms. The fourth-order valence-corrected chi connectivity index (χ4v) is 3.39. The third kappa shape index (κ3) is 4.25. The van der Waals surface area contributed by atoms with Crippen molar-refractivity contribution in [2.75, 3.05) is 25.0 Å². The lowest BCUT2D eigenvalue weighted by molar-refractivity contribution is -0.127. The molecule has 8 heteroatoms. The predicted molar refractivity (Wildman–Crippen MR) is 96.1 cm³/mol. The molecule has 1 fully saturated rings. The lowest BCUT2D eigenvalue weighted by Gasteiger charge is -2.34. The maximum atomic E-state index is 12.3. The summed E-state index contributed by atoms with van der Waals surface area (Å²) in [6.45, 7) is 0.195. The number of hydrogen-bond acceptors (Lipinski definition) is 5. The van der Waals surface area contributed by atoms with Crippen LogP contribution in [0.25, 0.3) is 0 Å². The van der Waals surface area contributed by atoms with Crippen molar-refractivity contribution in [3.05, 3.63) is 24.3 Å². The number of nitrogens with one attached hydrogen (secondary N) is 3. The van der Waals surface area contributed by atoms with Gasteiger partial charge in [0.15, 0.2) is 6.10 Å². The maximum absolute atomic E-state index is 12.3. The molecule has 8 nitrogen and oxygen atoms in total. The number of fused-ring (bicyclic) bond motifs is 1. The van der Waals surface area contributed by atoms with Gasteiger partial charge in [-0.1, -0.05) is 25.0 Å². The van der Waals surface area contributed by atoms with E-state index in [0.29, 0.717) is 5.75 Å². The first-order chi connectivity index (χ1) is 12.6. The minimum absolute atomic E-state index is 0.0358. The van der Waals surface area contributed by atoms with Gasteiger partial charge < -0.3 is 20.3 Å². The highest BCUT2D eigenvalue weighted by molar-refractivity contribution is 5.97. The molecule has 0 unspecified atom stereocenters. The number of amides is 4. The predicted octanol–water partition coefficient (Wildman–Crippen LogP) is 0.768. The molecule has 2 aliphatic rings. The zero-order valence-corrected chi connectivity index (χ0v) is 14.8. The highest BCUT2D eigenvalue weighted by Gasteiger charge is 2.31.